The molecular weight excluding hydrogens is 314 g/mol. The van der Waals surface area contributed by atoms with Crippen molar-refractivity contribution in [3.8, 4) is 11.3 Å². The Morgan fingerprint density at radius 2 is 1.60 bits per heavy atom. The third kappa shape index (κ3) is 2.96. The molecule has 2 aromatic carbocycles. The molecule has 0 aliphatic carbocycles. The van der Waals surface area contributed by atoms with Crippen LogP contribution in [0.2, 0.25) is 0 Å². The Labute approximate surface area is 145 Å². The van der Waals surface area contributed by atoms with Gasteiger partial charge >= 0.3 is 0 Å². The standard InChI is InChI=1S/C20H17N3O2/c24-19-14-23-18(13-17(21-23)16-9-5-2-6-10-16)20(25)22(19)12-11-15-7-3-1-4-8-15/h1-10,13H,11-12,14H2. The molecule has 0 spiro atoms. The van der Waals surface area contributed by atoms with Gasteiger partial charge in [0.1, 0.15) is 12.2 Å². The van der Waals surface area contributed by atoms with E-state index in [-0.39, 0.29) is 18.4 Å². The van der Waals surface area contributed by atoms with Crippen molar-refractivity contribution in [2.24, 2.45) is 0 Å². The molecule has 0 saturated heterocycles. The summed E-state index contributed by atoms with van der Waals surface area (Å²) >= 11 is 0. The highest BCUT2D eigenvalue weighted by atomic mass is 16.2. The van der Waals surface area contributed by atoms with E-state index in [9.17, 15) is 9.59 Å². The molecule has 0 N–H and O–H groups in total. The van der Waals surface area contributed by atoms with Crippen molar-refractivity contribution < 1.29 is 9.59 Å². The largest absolute Gasteiger partial charge is 0.278 e. The molecular formula is C20H17N3O2. The maximum absolute atomic E-state index is 12.7. The van der Waals surface area contributed by atoms with E-state index in [1.807, 2.05) is 60.7 Å². The SMILES string of the molecule is O=C1Cn2nc(-c3ccccc3)cc2C(=O)N1CCc1ccccc1. The number of carbonyl (C=O) groups is 2. The summed E-state index contributed by atoms with van der Waals surface area (Å²) in [5.74, 6) is -0.488. The Kier molecular flexibility index (Phi) is 3.90. The number of nitrogens with zero attached hydrogens (tertiary/aromatic N) is 3. The zero-order chi connectivity index (χ0) is 17.2. The van der Waals surface area contributed by atoms with E-state index in [1.165, 1.54) is 9.58 Å². The summed E-state index contributed by atoms with van der Waals surface area (Å²) in [6.07, 6.45) is 0.651. The van der Waals surface area contributed by atoms with E-state index in [2.05, 4.69) is 5.10 Å². The van der Waals surface area contributed by atoms with E-state index < -0.39 is 0 Å². The van der Waals surface area contributed by atoms with E-state index in [0.29, 0.717) is 24.4 Å². The van der Waals surface area contributed by atoms with Gasteiger partial charge in [-0.1, -0.05) is 60.7 Å². The Hall–Kier alpha value is -3.21. The van der Waals surface area contributed by atoms with Gasteiger partial charge in [0.05, 0.1) is 5.69 Å². The first-order valence-electron chi connectivity index (χ1n) is 8.24. The molecule has 0 atom stereocenters. The monoisotopic (exact) mass is 331 g/mol. The van der Waals surface area contributed by atoms with Crippen LogP contribution in [0.1, 0.15) is 16.1 Å². The highest BCUT2D eigenvalue weighted by Crippen LogP contribution is 2.22. The van der Waals surface area contributed by atoms with Gasteiger partial charge in [0, 0.05) is 12.1 Å². The zero-order valence-electron chi connectivity index (χ0n) is 13.6. The van der Waals surface area contributed by atoms with Crippen LogP contribution >= 0.6 is 0 Å². The van der Waals surface area contributed by atoms with E-state index in [1.54, 1.807) is 6.07 Å². The van der Waals surface area contributed by atoms with E-state index in [4.69, 9.17) is 0 Å². The van der Waals surface area contributed by atoms with Crippen molar-refractivity contribution in [1.82, 2.24) is 14.7 Å². The smallest absolute Gasteiger partial charge is 0.275 e. The summed E-state index contributed by atoms with van der Waals surface area (Å²) < 4.78 is 1.51. The van der Waals surface area contributed by atoms with Gasteiger partial charge in [-0.2, -0.15) is 5.10 Å². The van der Waals surface area contributed by atoms with Crippen molar-refractivity contribution in [3.05, 3.63) is 78.0 Å². The molecule has 25 heavy (non-hydrogen) atoms. The fourth-order valence-corrected chi connectivity index (χ4v) is 3.04. The Balaban J connectivity index is 1.57. The van der Waals surface area contributed by atoms with Gasteiger partial charge in [0.15, 0.2) is 0 Å². The molecule has 4 rings (SSSR count). The molecule has 1 aliphatic rings. The first kappa shape index (κ1) is 15.3. The topological polar surface area (TPSA) is 55.2 Å². The molecule has 1 aromatic heterocycles. The van der Waals surface area contributed by atoms with Crippen molar-refractivity contribution in [1.29, 1.82) is 0 Å². The number of aromatic nitrogens is 2. The number of fused-ring (bicyclic) bond motifs is 1. The average molecular weight is 331 g/mol. The molecule has 1 aliphatic heterocycles. The van der Waals surface area contributed by atoms with Crippen molar-refractivity contribution in [3.63, 3.8) is 0 Å². The molecule has 2 amide bonds. The number of imide groups is 1. The molecule has 0 fully saturated rings. The first-order valence-corrected chi connectivity index (χ1v) is 8.24. The number of amides is 2. The van der Waals surface area contributed by atoms with Crippen LogP contribution in [-0.4, -0.2) is 33.0 Å². The maximum atomic E-state index is 12.7. The van der Waals surface area contributed by atoms with Crippen LogP contribution in [0.25, 0.3) is 11.3 Å². The lowest BCUT2D eigenvalue weighted by molar-refractivity contribution is -0.130. The van der Waals surface area contributed by atoms with Crippen molar-refractivity contribution in [2.75, 3.05) is 6.54 Å². The molecule has 0 unspecified atom stereocenters. The average Bonchev–Trinajstić information content (AvgIpc) is 3.07. The molecule has 0 bridgehead atoms. The van der Waals surface area contributed by atoms with Gasteiger partial charge in [-0.15, -0.1) is 0 Å². The van der Waals surface area contributed by atoms with Crippen molar-refractivity contribution in [2.45, 2.75) is 13.0 Å². The summed E-state index contributed by atoms with van der Waals surface area (Å²) in [5, 5.41) is 4.42. The van der Waals surface area contributed by atoms with E-state index >= 15 is 0 Å². The number of carbonyl (C=O) groups excluding carboxylic acids is 2. The summed E-state index contributed by atoms with van der Waals surface area (Å²) in [4.78, 5) is 26.4. The van der Waals surface area contributed by atoms with Crippen LogP contribution in [-0.2, 0) is 17.8 Å². The number of rotatable bonds is 4. The second-order valence-corrected chi connectivity index (χ2v) is 6.02. The van der Waals surface area contributed by atoms with Crippen LogP contribution in [0, 0.1) is 0 Å². The van der Waals surface area contributed by atoms with Crippen LogP contribution in [0.4, 0.5) is 0 Å². The summed E-state index contributed by atoms with van der Waals surface area (Å²) in [5.41, 5.74) is 3.21. The fraction of sp³-hybridized carbons (Fsp3) is 0.150. The quantitative estimate of drug-likeness (QED) is 0.691. The van der Waals surface area contributed by atoms with Crippen LogP contribution < -0.4 is 0 Å². The summed E-state index contributed by atoms with van der Waals surface area (Å²) in [7, 11) is 0. The third-order valence-electron chi connectivity index (χ3n) is 4.37. The minimum absolute atomic E-state index is 0.0999. The predicted octanol–water partition coefficient (Wildman–Crippen LogP) is 2.78. The van der Waals surface area contributed by atoms with Gasteiger partial charge in [-0.25, -0.2) is 4.68 Å². The van der Waals surface area contributed by atoms with Crippen LogP contribution in [0.5, 0.6) is 0 Å². The Bertz CT molecular complexity index is 917. The highest BCUT2D eigenvalue weighted by Gasteiger charge is 2.32. The highest BCUT2D eigenvalue weighted by molar-refractivity contribution is 6.06. The summed E-state index contributed by atoms with van der Waals surface area (Å²) in [6.45, 7) is 0.482. The van der Waals surface area contributed by atoms with Crippen LogP contribution in [0.15, 0.2) is 66.7 Å². The predicted molar refractivity (Wildman–Crippen MR) is 93.9 cm³/mol. The normalized spacial score (nSPS) is 13.8. The second-order valence-electron chi connectivity index (χ2n) is 6.02. The Morgan fingerprint density at radius 3 is 2.32 bits per heavy atom. The number of hydrogen-bond acceptors (Lipinski definition) is 3. The second kappa shape index (κ2) is 6.36. The summed E-state index contributed by atoms with van der Waals surface area (Å²) in [6, 6.07) is 21.3. The maximum Gasteiger partial charge on any atom is 0.278 e. The van der Waals surface area contributed by atoms with Crippen LogP contribution in [0.3, 0.4) is 0 Å². The van der Waals surface area contributed by atoms with Gasteiger partial charge in [0.25, 0.3) is 11.8 Å². The third-order valence-corrected chi connectivity index (χ3v) is 4.37. The molecule has 124 valence electrons. The van der Waals surface area contributed by atoms with Gasteiger partial charge in [-0.05, 0) is 18.1 Å². The molecule has 3 aromatic rings. The van der Waals surface area contributed by atoms with Gasteiger partial charge in [0.2, 0.25) is 0 Å². The lowest BCUT2D eigenvalue weighted by atomic mass is 10.1. The van der Waals surface area contributed by atoms with E-state index in [0.717, 1.165) is 11.1 Å². The molecule has 5 nitrogen and oxygen atoms in total. The fourth-order valence-electron chi connectivity index (χ4n) is 3.04. The molecule has 0 radical (unpaired) electrons. The number of benzene rings is 2. The lowest BCUT2D eigenvalue weighted by Gasteiger charge is -2.25. The van der Waals surface area contributed by atoms with Gasteiger partial charge < -0.3 is 0 Å². The molecule has 5 heteroatoms. The minimum atomic E-state index is -0.276. The first-order chi connectivity index (χ1) is 12.2. The Morgan fingerprint density at radius 1 is 0.920 bits per heavy atom. The zero-order valence-corrected chi connectivity index (χ0v) is 13.6. The van der Waals surface area contributed by atoms with Gasteiger partial charge in [-0.3, -0.25) is 14.5 Å². The lowest BCUT2D eigenvalue weighted by Crippen LogP contribution is -2.45. The molecule has 2 heterocycles. The minimum Gasteiger partial charge on any atom is -0.275 e. The molecule has 0 saturated carbocycles. The number of hydrogen-bond donors (Lipinski definition) is 0. The van der Waals surface area contributed by atoms with Crippen molar-refractivity contribution >= 4 is 11.8 Å².